The summed E-state index contributed by atoms with van der Waals surface area (Å²) in [5, 5.41) is 0. The van der Waals surface area contributed by atoms with E-state index in [9.17, 15) is 4.79 Å². The van der Waals surface area contributed by atoms with Gasteiger partial charge < -0.3 is 10.6 Å². The molecule has 1 aliphatic heterocycles. The molecule has 0 fully saturated rings. The van der Waals surface area contributed by atoms with Crippen LogP contribution < -0.4 is 5.73 Å². The molecule has 1 aromatic carbocycles. The minimum atomic E-state index is 0.0996. The summed E-state index contributed by atoms with van der Waals surface area (Å²) in [5.74, 6) is 1.25. The summed E-state index contributed by atoms with van der Waals surface area (Å²) in [7, 11) is 0. The van der Waals surface area contributed by atoms with Crippen molar-refractivity contribution in [3.8, 4) is 0 Å². The maximum atomic E-state index is 12.3. The molecule has 1 atom stereocenters. The molecule has 0 radical (unpaired) electrons. The standard InChI is InChI=1S/C14H20N2OS/c1-10(9-18-2)14(17)16-6-5-11-3-4-13(15)7-12(11)8-16/h3-4,7,10H,5-6,8-9,15H2,1-2H3. The maximum absolute atomic E-state index is 12.3. The smallest absolute Gasteiger partial charge is 0.226 e. The summed E-state index contributed by atoms with van der Waals surface area (Å²) in [6.45, 7) is 3.54. The van der Waals surface area contributed by atoms with Gasteiger partial charge in [-0.2, -0.15) is 11.8 Å². The Bertz CT molecular complexity index is 447. The van der Waals surface area contributed by atoms with E-state index in [0.29, 0.717) is 6.54 Å². The second kappa shape index (κ2) is 5.65. The average Bonchev–Trinajstić information content (AvgIpc) is 2.37. The Balaban J connectivity index is 2.09. The van der Waals surface area contributed by atoms with Crippen LogP contribution in [-0.4, -0.2) is 29.4 Å². The van der Waals surface area contributed by atoms with Crippen LogP contribution in [0.4, 0.5) is 5.69 Å². The largest absolute Gasteiger partial charge is 0.399 e. The van der Waals surface area contributed by atoms with Crippen molar-refractivity contribution in [2.45, 2.75) is 19.9 Å². The molecule has 2 N–H and O–H groups in total. The highest BCUT2D eigenvalue weighted by atomic mass is 32.2. The van der Waals surface area contributed by atoms with Crippen molar-refractivity contribution >= 4 is 23.4 Å². The second-order valence-electron chi connectivity index (χ2n) is 4.89. The zero-order valence-corrected chi connectivity index (χ0v) is 11.8. The third-order valence-electron chi connectivity index (χ3n) is 3.39. The second-order valence-corrected chi connectivity index (χ2v) is 5.81. The zero-order chi connectivity index (χ0) is 13.1. The molecule has 1 unspecified atom stereocenters. The predicted octanol–water partition coefficient (Wildman–Crippen LogP) is 2.15. The quantitative estimate of drug-likeness (QED) is 0.851. The SMILES string of the molecule is CSCC(C)C(=O)N1CCc2ccc(N)cc2C1. The van der Waals surface area contributed by atoms with E-state index in [-0.39, 0.29) is 11.8 Å². The zero-order valence-electron chi connectivity index (χ0n) is 11.0. The normalized spacial score (nSPS) is 16.2. The Morgan fingerprint density at radius 2 is 2.28 bits per heavy atom. The minimum absolute atomic E-state index is 0.0996. The third kappa shape index (κ3) is 2.80. The number of carbonyl (C=O) groups excluding carboxylic acids is 1. The molecule has 0 spiro atoms. The van der Waals surface area contributed by atoms with Crippen molar-refractivity contribution in [1.29, 1.82) is 0 Å². The number of hydrogen-bond donors (Lipinski definition) is 1. The van der Waals surface area contributed by atoms with E-state index in [4.69, 9.17) is 5.73 Å². The lowest BCUT2D eigenvalue weighted by atomic mass is 9.98. The molecule has 3 nitrogen and oxygen atoms in total. The van der Waals surface area contributed by atoms with Crippen LogP contribution in [0, 0.1) is 5.92 Å². The van der Waals surface area contributed by atoms with Gasteiger partial charge in [0.1, 0.15) is 0 Å². The fourth-order valence-corrected chi connectivity index (χ4v) is 3.04. The van der Waals surface area contributed by atoms with Crippen LogP contribution in [-0.2, 0) is 17.8 Å². The number of anilines is 1. The van der Waals surface area contributed by atoms with Gasteiger partial charge in [-0.3, -0.25) is 4.79 Å². The first-order valence-corrected chi connectivity index (χ1v) is 7.66. The van der Waals surface area contributed by atoms with E-state index < -0.39 is 0 Å². The molecule has 1 aliphatic rings. The van der Waals surface area contributed by atoms with Crippen LogP contribution in [0.1, 0.15) is 18.1 Å². The topological polar surface area (TPSA) is 46.3 Å². The minimum Gasteiger partial charge on any atom is -0.399 e. The lowest BCUT2D eigenvalue weighted by Gasteiger charge is -2.31. The highest BCUT2D eigenvalue weighted by molar-refractivity contribution is 7.98. The molecule has 0 saturated heterocycles. The molecular weight excluding hydrogens is 244 g/mol. The molecule has 98 valence electrons. The summed E-state index contributed by atoms with van der Waals surface area (Å²) in [4.78, 5) is 14.2. The lowest BCUT2D eigenvalue weighted by molar-refractivity contribution is -0.135. The predicted molar refractivity (Wildman–Crippen MR) is 77.5 cm³/mol. The van der Waals surface area contributed by atoms with Crippen LogP contribution in [0.2, 0.25) is 0 Å². The molecule has 0 aromatic heterocycles. The average molecular weight is 264 g/mol. The summed E-state index contributed by atoms with van der Waals surface area (Å²) < 4.78 is 0. The van der Waals surface area contributed by atoms with E-state index in [2.05, 4.69) is 6.07 Å². The summed E-state index contributed by atoms with van der Waals surface area (Å²) in [6, 6.07) is 6.01. The summed E-state index contributed by atoms with van der Waals surface area (Å²) in [6.07, 6.45) is 2.98. The Kier molecular flexibility index (Phi) is 4.17. The molecule has 1 heterocycles. The van der Waals surface area contributed by atoms with Gasteiger partial charge >= 0.3 is 0 Å². The summed E-state index contributed by atoms with van der Waals surface area (Å²) >= 11 is 1.72. The third-order valence-corrected chi connectivity index (χ3v) is 4.23. The Morgan fingerprint density at radius 3 is 3.00 bits per heavy atom. The molecular formula is C14H20N2OS. The van der Waals surface area contributed by atoms with Crippen LogP contribution in [0.15, 0.2) is 18.2 Å². The van der Waals surface area contributed by atoms with Crippen LogP contribution in [0.5, 0.6) is 0 Å². The highest BCUT2D eigenvalue weighted by Crippen LogP contribution is 2.23. The number of fused-ring (bicyclic) bond motifs is 1. The van der Waals surface area contributed by atoms with Crippen LogP contribution in [0.3, 0.4) is 0 Å². The van der Waals surface area contributed by atoms with Gasteiger partial charge in [0.25, 0.3) is 0 Å². The van der Waals surface area contributed by atoms with Crippen molar-refractivity contribution in [2.24, 2.45) is 5.92 Å². The van der Waals surface area contributed by atoms with Gasteiger partial charge in [0.15, 0.2) is 0 Å². The van der Waals surface area contributed by atoms with Gasteiger partial charge in [-0.15, -0.1) is 0 Å². The number of nitrogens with two attached hydrogens (primary N) is 1. The fourth-order valence-electron chi connectivity index (χ4n) is 2.40. The number of hydrogen-bond acceptors (Lipinski definition) is 3. The van der Waals surface area contributed by atoms with Gasteiger partial charge in [0.05, 0.1) is 0 Å². The highest BCUT2D eigenvalue weighted by Gasteiger charge is 2.24. The number of nitrogen functional groups attached to an aromatic ring is 1. The molecule has 1 aromatic rings. The number of carbonyl (C=O) groups is 1. The molecule has 18 heavy (non-hydrogen) atoms. The molecule has 0 aliphatic carbocycles. The van der Waals surface area contributed by atoms with Gasteiger partial charge in [-0.1, -0.05) is 13.0 Å². The molecule has 2 rings (SSSR count). The Morgan fingerprint density at radius 1 is 1.50 bits per heavy atom. The number of rotatable bonds is 3. The summed E-state index contributed by atoms with van der Waals surface area (Å²) in [5.41, 5.74) is 9.11. The maximum Gasteiger partial charge on any atom is 0.226 e. The van der Waals surface area contributed by atoms with E-state index in [1.165, 1.54) is 11.1 Å². The number of nitrogens with zero attached hydrogens (tertiary/aromatic N) is 1. The van der Waals surface area contributed by atoms with Crippen LogP contribution in [0.25, 0.3) is 0 Å². The van der Waals surface area contributed by atoms with Gasteiger partial charge in [-0.05, 0) is 35.9 Å². The number of thioether (sulfide) groups is 1. The first kappa shape index (κ1) is 13.3. The number of benzene rings is 1. The number of amides is 1. The molecule has 4 heteroatoms. The fraction of sp³-hybridized carbons (Fsp3) is 0.500. The lowest BCUT2D eigenvalue weighted by Crippen LogP contribution is -2.39. The van der Waals surface area contributed by atoms with E-state index in [0.717, 1.165) is 24.4 Å². The van der Waals surface area contributed by atoms with Gasteiger partial charge in [-0.25, -0.2) is 0 Å². The molecule has 0 saturated carbocycles. The van der Waals surface area contributed by atoms with Crippen LogP contribution >= 0.6 is 11.8 Å². The van der Waals surface area contributed by atoms with Crippen molar-refractivity contribution < 1.29 is 4.79 Å². The van der Waals surface area contributed by atoms with Crippen molar-refractivity contribution in [3.63, 3.8) is 0 Å². The monoisotopic (exact) mass is 264 g/mol. The van der Waals surface area contributed by atoms with Crippen molar-refractivity contribution in [1.82, 2.24) is 4.90 Å². The van der Waals surface area contributed by atoms with Crippen molar-refractivity contribution in [3.05, 3.63) is 29.3 Å². The van der Waals surface area contributed by atoms with Crippen molar-refractivity contribution in [2.75, 3.05) is 24.3 Å². The first-order chi connectivity index (χ1) is 8.61. The van der Waals surface area contributed by atoms with Gasteiger partial charge in [0, 0.05) is 30.4 Å². The Hall–Kier alpha value is -1.16. The van der Waals surface area contributed by atoms with E-state index in [1.807, 2.05) is 30.2 Å². The first-order valence-electron chi connectivity index (χ1n) is 6.27. The molecule has 1 amide bonds. The Labute approximate surface area is 113 Å². The van der Waals surface area contributed by atoms with Gasteiger partial charge in [0.2, 0.25) is 5.91 Å². The van der Waals surface area contributed by atoms with E-state index in [1.54, 1.807) is 11.8 Å². The van der Waals surface area contributed by atoms with E-state index >= 15 is 0 Å². The molecule has 0 bridgehead atoms.